The lowest BCUT2D eigenvalue weighted by Gasteiger charge is -1.96. The van der Waals surface area contributed by atoms with E-state index in [2.05, 4.69) is 9.98 Å². The van der Waals surface area contributed by atoms with Crippen molar-refractivity contribution in [2.75, 3.05) is 0 Å². The van der Waals surface area contributed by atoms with Crippen molar-refractivity contribution in [3.05, 3.63) is 30.1 Å². The Labute approximate surface area is 92.3 Å². The van der Waals surface area contributed by atoms with Gasteiger partial charge in [0, 0.05) is 0 Å². The molecular weight excluding hydrogens is 221 g/mol. The number of para-hydroxylation sites is 1. The van der Waals surface area contributed by atoms with Gasteiger partial charge in [-0.15, -0.1) is 0 Å². The molecule has 0 radical (unpaired) electrons. The number of halogens is 2. The lowest BCUT2D eigenvalue weighted by Crippen LogP contribution is -3.00. The van der Waals surface area contributed by atoms with Gasteiger partial charge in [-0.25, -0.2) is 9.38 Å². The smallest absolute Gasteiger partial charge is 0.223 e. The molecule has 0 heterocycles. The molecule has 1 aromatic rings. The summed E-state index contributed by atoms with van der Waals surface area (Å²) >= 11 is 0. The second-order valence-corrected chi connectivity index (χ2v) is 2.46. The Bertz CT molecular complexity index is 386. The summed E-state index contributed by atoms with van der Waals surface area (Å²) in [7, 11) is 0. The maximum absolute atomic E-state index is 13.0. The molecule has 7 heteroatoms. The number of rotatable bonds is 1. The highest BCUT2D eigenvalue weighted by molar-refractivity contribution is 5.93. The van der Waals surface area contributed by atoms with Crippen molar-refractivity contribution in [1.82, 2.24) is 0 Å². The van der Waals surface area contributed by atoms with E-state index in [1.807, 2.05) is 0 Å². The lowest BCUT2D eigenvalue weighted by atomic mass is 10.3. The average Bonchev–Trinajstić information content (AvgIpc) is 2.07. The standard InChI is InChI=1S/C8H10FN5.ClH/c9-5-3-1-2-4-6(5)13-8(12)14-7(10)11;/h1-4H,(H6,10,11,12,13,14);1H/p-1. The predicted molar refractivity (Wildman–Crippen MR) is 53.5 cm³/mol. The molecule has 0 aliphatic rings. The quantitative estimate of drug-likeness (QED) is 0.355. The fraction of sp³-hybridized carbons (Fsp3) is 0. The number of guanidine groups is 2. The number of nitrogens with zero attached hydrogens (tertiary/aromatic N) is 2. The molecule has 0 aromatic heterocycles. The molecular formula is C8H10ClFN5-. The highest BCUT2D eigenvalue weighted by atomic mass is 35.5. The number of hydrogen-bond acceptors (Lipinski definition) is 1. The van der Waals surface area contributed by atoms with E-state index in [1.54, 1.807) is 12.1 Å². The molecule has 0 saturated carbocycles. The van der Waals surface area contributed by atoms with Gasteiger partial charge in [0.05, 0.1) is 0 Å². The van der Waals surface area contributed by atoms with Crippen molar-refractivity contribution in [2.45, 2.75) is 0 Å². The van der Waals surface area contributed by atoms with Crippen LogP contribution in [0.25, 0.3) is 0 Å². The van der Waals surface area contributed by atoms with Crippen LogP contribution in [-0.4, -0.2) is 11.9 Å². The number of benzene rings is 1. The molecule has 0 unspecified atom stereocenters. The van der Waals surface area contributed by atoms with Crippen LogP contribution in [0.1, 0.15) is 0 Å². The minimum absolute atomic E-state index is 0. The fourth-order valence-electron chi connectivity index (χ4n) is 0.823. The first-order valence-corrected chi connectivity index (χ1v) is 3.78. The third kappa shape index (κ3) is 4.28. The second-order valence-electron chi connectivity index (χ2n) is 2.46. The lowest BCUT2D eigenvalue weighted by molar-refractivity contribution is -0.00000400. The van der Waals surface area contributed by atoms with Gasteiger partial charge in [-0.2, -0.15) is 4.99 Å². The first-order valence-electron chi connectivity index (χ1n) is 3.78. The highest BCUT2D eigenvalue weighted by Gasteiger charge is 1.98. The number of aliphatic imine (C=N–C) groups is 2. The summed E-state index contributed by atoms with van der Waals surface area (Å²) in [6.45, 7) is 0. The van der Waals surface area contributed by atoms with Crippen LogP contribution >= 0.6 is 0 Å². The van der Waals surface area contributed by atoms with E-state index in [0.29, 0.717) is 0 Å². The molecule has 0 atom stereocenters. The summed E-state index contributed by atoms with van der Waals surface area (Å²) in [6, 6.07) is 5.90. The summed E-state index contributed by atoms with van der Waals surface area (Å²) < 4.78 is 13.0. The van der Waals surface area contributed by atoms with Crippen molar-refractivity contribution in [3.8, 4) is 0 Å². The van der Waals surface area contributed by atoms with Gasteiger partial charge >= 0.3 is 0 Å². The van der Waals surface area contributed by atoms with Gasteiger partial charge in [0.1, 0.15) is 11.5 Å². The highest BCUT2D eigenvalue weighted by Crippen LogP contribution is 2.15. The zero-order valence-electron chi connectivity index (χ0n) is 7.69. The summed E-state index contributed by atoms with van der Waals surface area (Å²) in [4.78, 5) is 7.12. The third-order valence-electron chi connectivity index (χ3n) is 1.33. The molecule has 1 rings (SSSR count). The van der Waals surface area contributed by atoms with E-state index < -0.39 is 5.82 Å². The minimum atomic E-state index is -0.485. The molecule has 0 fully saturated rings. The third-order valence-corrected chi connectivity index (χ3v) is 1.33. The Balaban J connectivity index is 0.00000196. The molecule has 0 spiro atoms. The summed E-state index contributed by atoms with van der Waals surface area (Å²) in [6.07, 6.45) is 0. The van der Waals surface area contributed by atoms with Crippen LogP contribution in [0.2, 0.25) is 0 Å². The molecule has 6 N–H and O–H groups in total. The van der Waals surface area contributed by atoms with Gasteiger partial charge in [-0.05, 0) is 12.1 Å². The SMILES string of the molecule is NC(N)=NC(N)=Nc1ccccc1F.[Cl-]. The topological polar surface area (TPSA) is 103 Å². The maximum atomic E-state index is 13.0. The van der Waals surface area contributed by atoms with Crippen molar-refractivity contribution in [1.29, 1.82) is 0 Å². The van der Waals surface area contributed by atoms with E-state index in [1.165, 1.54) is 12.1 Å². The Morgan fingerprint density at radius 3 is 2.27 bits per heavy atom. The van der Waals surface area contributed by atoms with Gasteiger partial charge in [0.15, 0.2) is 5.96 Å². The van der Waals surface area contributed by atoms with E-state index in [-0.39, 0.29) is 30.0 Å². The maximum Gasteiger partial charge on any atom is 0.223 e. The van der Waals surface area contributed by atoms with Crippen molar-refractivity contribution < 1.29 is 16.8 Å². The number of hydrogen-bond donors (Lipinski definition) is 3. The average molecular weight is 231 g/mol. The Hall–Kier alpha value is -1.82. The van der Waals surface area contributed by atoms with Gasteiger partial charge in [-0.1, -0.05) is 12.1 Å². The minimum Gasteiger partial charge on any atom is -1.00 e. The first-order chi connectivity index (χ1) is 6.59. The van der Waals surface area contributed by atoms with E-state index >= 15 is 0 Å². The van der Waals surface area contributed by atoms with Crippen molar-refractivity contribution >= 4 is 17.6 Å². The van der Waals surface area contributed by atoms with Crippen molar-refractivity contribution in [3.63, 3.8) is 0 Å². The molecule has 0 saturated heterocycles. The summed E-state index contributed by atoms with van der Waals surface area (Å²) in [5.74, 6) is -0.890. The molecule has 82 valence electrons. The largest absolute Gasteiger partial charge is 1.00 e. The van der Waals surface area contributed by atoms with Crippen LogP contribution in [-0.2, 0) is 0 Å². The van der Waals surface area contributed by atoms with E-state index in [9.17, 15) is 4.39 Å². The van der Waals surface area contributed by atoms with Gasteiger partial charge in [0.2, 0.25) is 5.96 Å². The van der Waals surface area contributed by atoms with E-state index in [0.717, 1.165) is 0 Å². The zero-order chi connectivity index (χ0) is 10.6. The molecule has 0 amide bonds. The molecule has 0 bridgehead atoms. The summed E-state index contributed by atoms with van der Waals surface area (Å²) in [5.41, 5.74) is 15.5. The van der Waals surface area contributed by atoms with E-state index in [4.69, 9.17) is 17.2 Å². The van der Waals surface area contributed by atoms with Gasteiger partial charge in [0.25, 0.3) is 0 Å². The number of nitrogens with two attached hydrogens (primary N) is 3. The Morgan fingerprint density at radius 1 is 1.13 bits per heavy atom. The van der Waals surface area contributed by atoms with Crippen LogP contribution in [0, 0.1) is 5.82 Å². The zero-order valence-corrected chi connectivity index (χ0v) is 8.45. The van der Waals surface area contributed by atoms with Crippen LogP contribution in [0.5, 0.6) is 0 Å². The van der Waals surface area contributed by atoms with Crippen LogP contribution in [0.4, 0.5) is 10.1 Å². The van der Waals surface area contributed by atoms with Crippen LogP contribution < -0.4 is 29.6 Å². The van der Waals surface area contributed by atoms with Crippen LogP contribution in [0.3, 0.4) is 0 Å². The molecule has 1 aromatic carbocycles. The van der Waals surface area contributed by atoms with Crippen molar-refractivity contribution in [2.24, 2.45) is 27.2 Å². The molecule has 0 aliphatic carbocycles. The van der Waals surface area contributed by atoms with Gasteiger partial charge < -0.3 is 29.6 Å². The first kappa shape index (κ1) is 13.2. The predicted octanol–water partition coefficient (Wildman–Crippen LogP) is -2.95. The van der Waals surface area contributed by atoms with Gasteiger partial charge in [-0.3, -0.25) is 0 Å². The molecule has 0 aliphatic heterocycles. The summed E-state index contributed by atoms with van der Waals surface area (Å²) in [5, 5.41) is 0. The van der Waals surface area contributed by atoms with Crippen LogP contribution in [0.15, 0.2) is 34.3 Å². The molecule has 15 heavy (non-hydrogen) atoms. The molecule has 5 nitrogen and oxygen atoms in total. The fourth-order valence-corrected chi connectivity index (χ4v) is 0.823. The Kier molecular flexibility index (Phi) is 5.11. The monoisotopic (exact) mass is 230 g/mol. The second kappa shape index (κ2) is 5.82. The Morgan fingerprint density at radius 2 is 1.73 bits per heavy atom. The normalized spacial score (nSPS) is 10.3.